The molecule has 0 radical (unpaired) electrons. The molecule has 28 heavy (non-hydrogen) atoms. The van der Waals surface area contributed by atoms with E-state index in [0.29, 0.717) is 0 Å². The fourth-order valence-corrected chi connectivity index (χ4v) is 3.34. The maximum atomic E-state index is 11.0. The van der Waals surface area contributed by atoms with E-state index >= 15 is 0 Å². The summed E-state index contributed by atoms with van der Waals surface area (Å²) in [5.41, 5.74) is 0.317. The fourth-order valence-electron chi connectivity index (χ4n) is 2.57. The molecule has 0 amide bonds. The number of carboxylic acid groups (broad SMARTS) is 1. The molecule has 0 spiro atoms. The Bertz CT molecular complexity index is 915. The predicted octanol–water partition coefficient (Wildman–Crippen LogP) is -0.422. The first-order valence-corrected chi connectivity index (χ1v) is 9.52. The summed E-state index contributed by atoms with van der Waals surface area (Å²) in [6.07, 6.45) is -6.15. The minimum atomic E-state index is -3.58. The topological polar surface area (TPSA) is 186 Å². The summed E-state index contributed by atoms with van der Waals surface area (Å²) >= 11 is 11.7. The number of aromatic nitrogens is 4. The van der Waals surface area contributed by atoms with Gasteiger partial charge in [-0.15, -0.1) is 0 Å². The monoisotopic (exact) mass is 458 g/mol. The smallest absolute Gasteiger partial charge is 0.361 e. The van der Waals surface area contributed by atoms with Gasteiger partial charge in [0.15, 0.2) is 17.0 Å². The number of aliphatic carboxylic acids is 1. The summed E-state index contributed by atoms with van der Waals surface area (Å²) in [5.74, 6) is -1.65. The Morgan fingerprint density at radius 1 is 1.36 bits per heavy atom. The van der Waals surface area contributed by atoms with Crippen molar-refractivity contribution in [2.75, 3.05) is 6.61 Å². The summed E-state index contributed by atoms with van der Waals surface area (Å²) in [5, 5.41) is 29.2. The first kappa shape index (κ1) is 21.3. The second-order valence-corrected chi connectivity index (χ2v) is 7.00. The van der Waals surface area contributed by atoms with E-state index in [-0.39, 0.29) is 21.6 Å². The highest BCUT2D eigenvalue weighted by Crippen LogP contribution is 2.33. The van der Waals surface area contributed by atoms with Gasteiger partial charge in [-0.2, -0.15) is 4.98 Å². The quantitative estimate of drug-likeness (QED) is 0.182. The van der Waals surface area contributed by atoms with E-state index in [1.807, 2.05) is 0 Å². The van der Waals surface area contributed by atoms with E-state index < -0.39 is 51.7 Å². The third kappa shape index (κ3) is 4.27. The van der Waals surface area contributed by atoms with E-state index in [1.165, 1.54) is 10.9 Å². The van der Waals surface area contributed by atoms with Crippen molar-refractivity contribution < 1.29 is 43.6 Å². The molecule has 1 saturated heterocycles. The van der Waals surface area contributed by atoms with E-state index in [9.17, 15) is 19.6 Å². The van der Waals surface area contributed by atoms with Crippen molar-refractivity contribution in [3.05, 3.63) is 16.8 Å². The molecule has 0 aromatic carbocycles. The molecule has 1 aliphatic rings. The number of hydrogen-bond donors (Lipinski definition) is 4. The molecular weight excluding hydrogens is 446 g/mol. The van der Waals surface area contributed by atoms with Crippen LogP contribution in [0.2, 0.25) is 10.4 Å². The molecule has 1 fully saturated rings. The van der Waals surface area contributed by atoms with Gasteiger partial charge in [-0.25, -0.2) is 14.8 Å². The standard InChI is InChI=1S/C12H13Cl2N4O9P/c13-7-4-8(17-12(14)16-7)18(2-15-4)9-6(20)5(19)3(26-9)1-25-11(10(21)22)27-28(23)24/h2-3,5-6,9,11,19-20,28H,1H2,(H,21,22)(H,23,24)/t3-,5-,6-,9-,11?/m1/s1. The lowest BCUT2D eigenvalue weighted by molar-refractivity contribution is -0.179. The van der Waals surface area contributed by atoms with Crippen molar-refractivity contribution in [1.82, 2.24) is 19.5 Å². The Labute approximate surface area is 166 Å². The molecule has 0 aliphatic carbocycles. The molecule has 1 aliphatic heterocycles. The number of fused-ring (bicyclic) bond motifs is 1. The van der Waals surface area contributed by atoms with Crippen LogP contribution in [0.3, 0.4) is 0 Å². The Morgan fingerprint density at radius 3 is 2.71 bits per heavy atom. The van der Waals surface area contributed by atoms with E-state index in [1.54, 1.807) is 0 Å². The summed E-state index contributed by atoms with van der Waals surface area (Å²) < 4.78 is 26.6. The lowest BCUT2D eigenvalue weighted by Gasteiger charge is -2.18. The number of hydrogen-bond acceptors (Lipinski definition) is 10. The van der Waals surface area contributed by atoms with Crippen molar-refractivity contribution in [2.24, 2.45) is 0 Å². The lowest BCUT2D eigenvalue weighted by Crippen LogP contribution is -2.36. The van der Waals surface area contributed by atoms with Crippen LogP contribution in [0.25, 0.3) is 11.2 Å². The SMILES string of the molecule is O=C(O)C(OC[C@H]1O[C@@H](n2cnc3c(Cl)nc(Cl)nc32)[C@H](O)[C@@H]1O)O[PH](=O)O. The molecule has 3 rings (SSSR count). The summed E-state index contributed by atoms with van der Waals surface area (Å²) in [7, 11) is -3.58. The molecule has 2 unspecified atom stereocenters. The van der Waals surface area contributed by atoms with Crippen LogP contribution in [-0.2, 0) is 23.4 Å². The van der Waals surface area contributed by atoms with Crippen LogP contribution >= 0.6 is 31.5 Å². The third-order valence-corrected chi connectivity index (χ3v) is 4.63. The minimum absolute atomic E-state index is 0.0256. The van der Waals surface area contributed by atoms with Crippen molar-refractivity contribution >= 4 is 48.6 Å². The number of aliphatic hydroxyl groups excluding tert-OH is 2. The van der Waals surface area contributed by atoms with E-state index in [4.69, 9.17) is 42.7 Å². The van der Waals surface area contributed by atoms with Crippen molar-refractivity contribution in [3.63, 3.8) is 0 Å². The van der Waals surface area contributed by atoms with Crippen molar-refractivity contribution in [3.8, 4) is 0 Å². The van der Waals surface area contributed by atoms with Gasteiger partial charge in [-0.3, -0.25) is 13.7 Å². The maximum absolute atomic E-state index is 11.0. The van der Waals surface area contributed by atoms with Crippen LogP contribution in [0, 0.1) is 0 Å². The molecule has 154 valence electrons. The van der Waals surface area contributed by atoms with Crippen LogP contribution in [0.1, 0.15) is 6.23 Å². The number of halogens is 2. The van der Waals surface area contributed by atoms with E-state index in [2.05, 4.69) is 19.5 Å². The molecule has 16 heteroatoms. The van der Waals surface area contributed by atoms with Crippen LogP contribution in [-0.4, -0.2) is 76.9 Å². The lowest BCUT2D eigenvalue weighted by atomic mass is 10.1. The Kier molecular flexibility index (Phi) is 6.49. The van der Waals surface area contributed by atoms with Gasteiger partial charge in [-0.1, -0.05) is 11.6 Å². The zero-order valence-corrected chi connectivity index (χ0v) is 16.1. The van der Waals surface area contributed by atoms with Gasteiger partial charge in [0, 0.05) is 0 Å². The van der Waals surface area contributed by atoms with Crippen LogP contribution in [0.15, 0.2) is 6.33 Å². The molecule has 3 heterocycles. The Hall–Kier alpha value is -1.41. The number of ether oxygens (including phenoxy) is 2. The number of rotatable bonds is 7. The predicted molar refractivity (Wildman–Crippen MR) is 90.9 cm³/mol. The highest BCUT2D eigenvalue weighted by atomic mass is 35.5. The number of imidazole rings is 1. The number of nitrogens with zero attached hydrogens (tertiary/aromatic N) is 4. The van der Waals surface area contributed by atoms with Gasteiger partial charge in [0.1, 0.15) is 23.8 Å². The first-order chi connectivity index (χ1) is 13.2. The third-order valence-electron chi connectivity index (χ3n) is 3.78. The Morgan fingerprint density at radius 2 is 2.07 bits per heavy atom. The van der Waals surface area contributed by atoms with Crippen LogP contribution in [0.4, 0.5) is 0 Å². The molecule has 6 atom stereocenters. The molecule has 4 N–H and O–H groups in total. The summed E-state index contributed by atoms with van der Waals surface area (Å²) in [4.78, 5) is 31.4. The maximum Gasteiger partial charge on any atom is 0.361 e. The van der Waals surface area contributed by atoms with Crippen molar-refractivity contribution in [2.45, 2.75) is 30.8 Å². The molecule has 0 bridgehead atoms. The zero-order valence-electron chi connectivity index (χ0n) is 13.5. The molecule has 13 nitrogen and oxygen atoms in total. The van der Waals surface area contributed by atoms with Crippen LogP contribution in [0.5, 0.6) is 0 Å². The zero-order chi connectivity index (χ0) is 20.6. The van der Waals surface area contributed by atoms with Gasteiger partial charge in [0.25, 0.3) is 6.29 Å². The first-order valence-electron chi connectivity index (χ1n) is 7.50. The number of carbonyl (C=O) groups is 1. The molecular formula is C12H13Cl2N4O9P. The Balaban J connectivity index is 1.77. The highest BCUT2D eigenvalue weighted by Gasteiger charge is 2.45. The van der Waals surface area contributed by atoms with Gasteiger partial charge >= 0.3 is 14.2 Å². The average Bonchev–Trinajstić information content (AvgIpc) is 3.14. The number of aliphatic hydroxyl groups is 2. The molecule has 2 aromatic heterocycles. The molecule has 0 saturated carbocycles. The van der Waals surface area contributed by atoms with Gasteiger partial charge in [-0.05, 0) is 11.6 Å². The van der Waals surface area contributed by atoms with Gasteiger partial charge in [0.05, 0.1) is 12.9 Å². The fraction of sp³-hybridized carbons (Fsp3) is 0.500. The number of carboxylic acids is 1. The second-order valence-electron chi connectivity index (χ2n) is 5.54. The van der Waals surface area contributed by atoms with E-state index in [0.717, 1.165) is 0 Å². The normalized spacial score (nSPS) is 27.2. The summed E-state index contributed by atoms with van der Waals surface area (Å²) in [6.45, 7) is -0.566. The molecule has 2 aromatic rings. The minimum Gasteiger partial charge on any atom is -0.477 e. The van der Waals surface area contributed by atoms with Gasteiger partial charge < -0.3 is 29.7 Å². The highest BCUT2D eigenvalue weighted by molar-refractivity contribution is 7.32. The largest absolute Gasteiger partial charge is 0.477 e. The van der Waals surface area contributed by atoms with Gasteiger partial charge in [0.2, 0.25) is 5.28 Å². The van der Waals surface area contributed by atoms with Crippen molar-refractivity contribution in [1.29, 1.82) is 0 Å². The summed E-state index contributed by atoms with van der Waals surface area (Å²) in [6, 6.07) is 0. The second kappa shape index (κ2) is 8.53. The average molecular weight is 459 g/mol. The van der Waals surface area contributed by atoms with Crippen LogP contribution < -0.4 is 0 Å².